The van der Waals surface area contributed by atoms with Crippen molar-refractivity contribution in [3.63, 3.8) is 0 Å². The van der Waals surface area contributed by atoms with Crippen LogP contribution in [0.15, 0.2) is 51.7 Å². The maximum atomic E-state index is 12.5. The van der Waals surface area contributed by atoms with Crippen LogP contribution >= 0.6 is 0 Å². The molecular weight excluding hydrogens is 370 g/mol. The van der Waals surface area contributed by atoms with E-state index in [-0.39, 0.29) is 11.7 Å². The predicted molar refractivity (Wildman–Crippen MR) is 109 cm³/mol. The van der Waals surface area contributed by atoms with E-state index in [0.29, 0.717) is 31.5 Å². The van der Waals surface area contributed by atoms with E-state index in [2.05, 4.69) is 6.07 Å². The van der Waals surface area contributed by atoms with Gasteiger partial charge in [-0.3, -0.25) is 9.69 Å². The molecular formula is C23H23NO5. The largest absolute Gasteiger partial charge is 0.508 e. The van der Waals surface area contributed by atoms with Crippen LogP contribution in [0.25, 0.3) is 11.0 Å². The average molecular weight is 393 g/mol. The van der Waals surface area contributed by atoms with E-state index in [1.54, 1.807) is 0 Å². The first-order valence-electron chi connectivity index (χ1n) is 9.67. The van der Waals surface area contributed by atoms with E-state index in [9.17, 15) is 14.7 Å². The third kappa shape index (κ3) is 3.63. The van der Waals surface area contributed by atoms with Crippen LogP contribution in [0, 0.1) is 0 Å². The molecule has 29 heavy (non-hydrogen) atoms. The number of carbonyl (C=O) groups excluding carboxylic acids is 1. The van der Waals surface area contributed by atoms with Gasteiger partial charge in [0, 0.05) is 30.6 Å². The fourth-order valence-corrected chi connectivity index (χ4v) is 4.05. The number of carbonyl (C=O) groups is 1. The molecule has 3 aromatic rings. The Morgan fingerprint density at radius 3 is 2.69 bits per heavy atom. The third-order valence-electron chi connectivity index (χ3n) is 5.60. The minimum Gasteiger partial charge on any atom is -0.508 e. The monoisotopic (exact) mass is 393 g/mol. The molecule has 0 unspecified atom stereocenters. The van der Waals surface area contributed by atoms with Gasteiger partial charge in [-0.25, -0.2) is 4.79 Å². The molecule has 6 heteroatoms. The summed E-state index contributed by atoms with van der Waals surface area (Å²) in [7, 11) is 1.39. The molecule has 0 amide bonds. The molecule has 1 aliphatic rings. The smallest absolute Gasteiger partial charge is 0.336 e. The average Bonchev–Trinajstić information content (AvgIpc) is 2.72. The summed E-state index contributed by atoms with van der Waals surface area (Å²) in [5.74, 6) is -0.182. The van der Waals surface area contributed by atoms with Crippen molar-refractivity contribution in [2.24, 2.45) is 0 Å². The lowest BCUT2D eigenvalue weighted by molar-refractivity contribution is -0.147. The summed E-state index contributed by atoms with van der Waals surface area (Å²) in [6.45, 7) is 2.93. The van der Waals surface area contributed by atoms with Crippen LogP contribution in [0.4, 0.5) is 0 Å². The van der Waals surface area contributed by atoms with E-state index in [1.165, 1.54) is 19.2 Å². The predicted octanol–water partition coefficient (Wildman–Crippen LogP) is 3.16. The van der Waals surface area contributed by atoms with Gasteiger partial charge in [0.2, 0.25) is 0 Å². The SMILES string of the molecule is CCc1cc2c(CN3Cc4ccccc4C[C@@H]3C(=O)OC)cc(=O)oc2cc1O. The molecule has 0 bridgehead atoms. The molecule has 150 valence electrons. The number of methoxy groups -OCH3 is 1. The fourth-order valence-electron chi connectivity index (χ4n) is 4.05. The van der Waals surface area contributed by atoms with Gasteiger partial charge in [-0.15, -0.1) is 0 Å². The van der Waals surface area contributed by atoms with Crippen molar-refractivity contribution in [2.45, 2.75) is 38.9 Å². The minimum atomic E-state index is -0.483. The van der Waals surface area contributed by atoms with Crippen LogP contribution in [-0.2, 0) is 35.5 Å². The lowest BCUT2D eigenvalue weighted by atomic mass is 9.93. The summed E-state index contributed by atoms with van der Waals surface area (Å²) in [5, 5.41) is 10.9. The first-order chi connectivity index (χ1) is 14.0. The third-order valence-corrected chi connectivity index (χ3v) is 5.60. The Balaban J connectivity index is 1.78. The van der Waals surface area contributed by atoms with Gasteiger partial charge in [0.05, 0.1) is 7.11 Å². The lowest BCUT2D eigenvalue weighted by Crippen LogP contribution is -2.45. The number of phenolic OH excluding ortho intramolecular Hbond substituents is 1. The number of hydrogen-bond donors (Lipinski definition) is 1. The molecule has 1 N–H and O–H groups in total. The van der Waals surface area contributed by atoms with Gasteiger partial charge in [-0.2, -0.15) is 0 Å². The van der Waals surface area contributed by atoms with E-state index < -0.39 is 11.7 Å². The molecule has 4 rings (SSSR count). The summed E-state index contributed by atoms with van der Waals surface area (Å²) in [5.41, 5.74) is 3.69. The van der Waals surface area contributed by atoms with Gasteiger partial charge in [0.1, 0.15) is 17.4 Å². The maximum absolute atomic E-state index is 12.5. The Morgan fingerprint density at radius 2 is 1.97 bits per heavy atom. The van der Waals surface area contributed by atoms with Gasteiger partial charge in [-0.1, -0.05) is 31.2 Å². The van der Waals surface area contributed by atoms with Crippen LogP contribution in [0.1, 0.15) is 29.2 Å². The molecule has 0 spiro atoms. The summed E-state index contributed by atoms with van der Waals surface area (Å²) < 4.78 is 10.3. The van der Waals surface area contributed by atoms with Gasteiger partial charge < -0.3 is 14.3 Å². The Bertz CT molecular complexity index is 1130. The number of fused-ring (bicyclic) bond motifs is 2. The Morgan fingerprint density at radius 1 is 1.21 bits per heavy atom. The van der Waals surface area contributed by atoms with Crippen molar-refractivity contribution >= 4 is 16.9 Å². The quantitative estimate of drug-likeness (QED) is 0.542. The highest BCUT2D eigenvalue weighted by Gasteiger charge is 2.32. The van der Waals surface area contributed by atoms with Crippen LogP contribution in [0.2, 0.25) is 0 Å². The van der Waals surface area contributed by atoms with Crippen LogP contribution in [0.5, 0.6) is 5.75 Å². The first kappa shape index (κ1) is 19.2. The topological polar surface area (TPSA) is 80.0 Å². The molecule has 1 aliphatic heterocycles. The summed E-state index contributed by atoms with van der Waals surface area (Å²) in [6.07, 6.45) is 1.21. The van der Waals surface area contributed by atoms with Gasteiger partial charge in [0.25, 0.3) is 0 Å². The van der Waals surface area contributed by atoms with Crippen LogP contribution in [0.3, 0.4) is 0 Å². The van der Waals surface area contributed by atoms with Crippen molar-refractivity contribution in [3.05, 3.63) is 75.1 Å². The van der Waals surface area contributed by atoms with Crippen molar-refractivity contribution in [2.75, 3.05) is 7.11 Å². The maximum Gasteiger partial charge on any atom is 0.336 e. The van der Waals surface area contributed by atoms with Gasteiger partial charge in [-0.05, 0) is 41.2 Å². The Kier molecular flexibility index (Phi) is 5.11. The number of nitrogens with zero attached hydrogens (tertiary/aromatic N) is 1. The number of rotatable bonds is 4. The Hall–Kier alpha value is -3.12. The number of phenols is 1. The highest BCUT2D eigenvalue weighted by Crippen LogP contribution is 2.30. The molecule has 0 fully saturated rings. The van der Waals surface area contributed by atoms with Crippen molar-refractivity contribution < 1.29 is 19.1 Å². The summed E-state index contributed by atoms with van der Waals surface area (Å²) in [4.78, 5) is 26.6. The van der Waals surface area contributed by atoms with Gasteiger partial charge >= 0.3 is 11.6 Å². The van der Waals surface area contributed by atoms with E-state index in [4.69, 9.17) is 9.15 Å². The number of esters is 1. The van der Waals surface area contributed by atoms with E-state index in [1.807, 2.05) is 36.1 Å². The molecule has 6 nitrogen and oxygen atoms in total. The molecule has 1 aromatic heterocycles. The molecule has 0 radical (unpaired) electrons. The number of ether oxygens (including phenoxy) is 1. The fraction of sp³-hybridized carbons (Fsp3) is 0.304. The first-order valence-corrected chi connectivity index (χ1v) is 9.67. The molecule has 0 saturated carbocycles. The lowest BCUT2D eigenvalue weighted by Gasteiger charge is -2.35. The molecule has 2 aromatic carbocycles. The van der Waals surface area contributed by atoms with E-state index in [0.717, 1.165) is 27.6 Å². The summed E-state index contributed by atoms with van der Waals surface area (Å²) >= 11 is 0. The zero-order valence-electron chi connectivity index (χ0n) is 16.5. The number of hydrogen-bond acceptors (Lipinski definition) is 6. The van der Waals surface area contributed by atoms with E-state index >= 15 is 0 Å². The highest BCUT2D eigenvalue weighted by molar-refractivity contribution is 5.83. The zero-order valence-corrected chi connectivity index (χ0v) is 16.5. The van der Waals surface area contributed by atoms with Crippen LogP contribution in [-0.4, -0.2) is 29.1 Å². The van der Waals surface area contributed by atoms with Crippen molar-refractivity contribution in [1.29, 1.82) is 0 Å². The Labute approximate surface area is 168 Å². The molecule has 1 atom stereocenters. The second-order valence-electron chi connectivity index (χ2n) is 7.34. The highest BCUT2D eigenvalue weighted by atomic mass is 16.5. The van der Waals surface area contributed by atoms with Crippen molar-refractivity contribution in [3.8, 4) is 5.75 Å². The van der Waals surface area contributed by atoms with Gasteiger partial charge in [0.15, 0.2) is 0 Å². The number of aryl methyl sites for hydroxylation is 1. The molecule has 2 heterocycles. The standard InChI is InChI=1S/C23H23NO5/c1-3-14-8-18-17(10-22(26)29-21(18)11-20(14)25)13-24-12-16-7-5-4-6-15(16)9-19(24)23(27)28-2/h4-8,10-11,19,25H,3,9,12-13H2,1-2H3/t19-/m1/s1. The summed E-state index contributed by atoms with van der Waals surface area (Å²) in [6, 6.07) is 12.4. The zero-order chi connectivity index (χ0) is 20.5. The number of aromatic hydroxyl groups is 1. The minimum absolute atomic E-state index is 0.111. The molecule has 0 aliphatic carbocycles. The molecule has 0 saturated heterocycles. The second-order valence-corrected chi connectivity index (χ2v) is 7.34. The second kappa shape index (κ2) is 7.72. The normalized spacial score (nSPS) is 16.6. The van der Waals surface area contributed by atoms with Crippen molar-refractivity contribution in [1.82, 2.24) is 4.90 Å². The van der Waals surface area contributed by atoms with Crippen LogP contribution < -0.4 is 5.63 Å². The number of benzene rings is 2.